The molecule has 0 saturated heterocycles. The maximum absolute atomic E-state index is 10.8. The van der Waals surface area contributed by atoms with E-state index in [9.17, 15) is 14.9 Å². The molecule has 2 atom stereocenters. The topological polar surface area (TPSA) is 89.7 Å². The zero-order valence-corrected chi connectivity index (χ0v) is 7.01. The first-order chi connectivity index (χ1) is 6.15. The summed E-state index contributed by atoms with van der Waals surface area (Å²) in [5.41, 5.74) is 0. The second kappa shape index (κ2) is 4.18. The van der Waals surface area contributed by atoms with Gasteiger partial charge in [-0.3, -0.25) is 10.1 Å². The molecular weight excluding hydrogens is 178 g/mol. The number of nitrogens with zero attached hydrogens (tertiary/aromatic N) is 1. The first-order valence-corrected chi connectivity index (χ1v) is 4.14. The molecule has 0 heterocycles. The van der Waals surface area contributed by atoms with Crippen LogP contribution in [0.5, 0.6) is 0 Å². The Hall–Kier alpha value is -1.17. The van der Waals surface area contributed by atoms with Gasteiger partial charge in [0, 0.05) is 17.8 Å². The zero-order valence-electron chi connectivity index (χ0n) is 7.01. The molecule has 13 heavy (non-hydrogen) atoms. The molecule has 1 aliphatic carbocycles. The van der Waals surface area contributed by atoms with E-state index >= 15 is 0 Å². The highest BCUT2D eigenvalue weighted by Gasteiger charge is 2.34. The van der Waals surface area contributed by atoms with E-state index in [1.54, 1.807) is 0 Å². The molecular formula is C7H11NO5. The first-order valence-electron chi connectivity index (χ1n) is 4.14. The Morgan fingerprint density at radius 1 is 1.54 bits per heavy atom. The Balaban J connectivity index is 2.51. The summed E-state index contributed by atoms with van der Waals surface area (Å²) in [5.74, 6) is -1.28. The monoisotopic (exact) mass is 189 g/mol. The van der Waals surface area contributed by atoms with E-state index in [1.807, 2.05) is 0 Å². The van der Waals surface area contributed by atoms with Crippen molar-refractivity contribution in [3.05, 3.63) is 10.1 Å². The van der Waals surface area contributed by atoms with E-state index in [1.165, 1.54) is 0 Å². The molecule has 0 aromatic rings. The van der Waals surface area contributed by atoms with Crippen LogP contribution in [0.2, 0.25) is 0 Å². The van der Waals surface area contributed by atoms with Gasteiger partial charge in [0.25, 0.3) is 0 Å². The van der Waals surface area contributed by atoms with Crippen LogP contribution in [0.3, 0.4) is 0 Å². The third-order valence-electron chi connectivity index (χ3n) is 2.37. The highest BCUT2D eigenvalue weighted by Crippen LogP contribution is 2.26. The van der Waals surface area contributed by atoms with Crippen molar-refractivity contribution in [2.45, 2.75) is 31.7 Å². The van der Waals surface area contributed by atoms with Gasteiger partial charge in [-0.1, -0.05) is 0 Å². The van der Waals surface area contributed by atoms with Crippen LogP contribution in [0.25, 0.3) is 0 Å². The molecule has 0 amide bonds. The number of nitro groups is 1. The molecule has 0 radical (unpaired) electrons. The Morgan fingerprint density at radius 3 is 2.77 bits per heavy atom. The van der Waals surface area contributed by atoms with Gasteiger partial charge < -0.3 is 4.89 Å². The minimum Gasteiger partial charge on any atom is -0.301 e. The molecule has 6 nitrogen and oxygen atoms in total. The van der Waals surface area contributed by atoms with E-state index in [4.69, 9.17) is 5.26 Å². The van der Waals surface area contributed by atoms with Gasteiger partial charge in [0.05, 0.1) is 5.92 Å². The van der Waals surface area contributed by atoms with Gasteiger partial charge in [0.2, 0.25) is 6.04 Å². The maximum atomic E-state index is 10.8. The fourth-order valence-electron chi connectivity index (χ4n) is 1.64. The Bertz CT molecular complexity index is 217. The lowest BCUT2D eigenvalue weighted by molar-refractivity contribution is -0.527. The van der Waals surface area contributed by atoms with Crippen LogP contribution < -0.4 is 0 Å². The molecule has 6 heteroatoms. The first kappa shape index (κ1) is 9.91. The lowest BCUT2D eigenvalue weighted by Gasteiger charge is -2.20. The number of carbonyl (C=O) groups excluding carboxylic acids is 1. The summed E-state index contributed by atoms with van der Waals surface area (Å²) in [6, 6.07) is -0.669. The van der Waals surface area contributed by atoms with Crippen molar-refractivity contribution in [1.82, 2.24) is 0 Å². The average Bonchev–Trinajstić information content (AvgIpc) is 2.17. The molecule has 74 valence electrons. The molecule has 0 spiro atoms. The maximum Gasteiger partial charge on any atom is 0.345 e. The fraction of sp³-hybridized carbons (Fsp3) is 0.857. The normalized spacial score (nSPS) is 28.1. The number of hydrogen-bond donors (Lipinski definition) is 1. The third-order valence-corrected chi connectivity index (χ3v) is 2.37. The van der Waals surface area contributed by atoms with Gasteiger partial charge in [0.1, 0.15) is 0 Å². The predicted molar refractivity (Wildman–Crippen MR) is 41.5 cm³/mol. The molecule has 1 rings (SSSR count). The lowest BCUT2D eigenvalue weighted by Crippen LogP contribution is -2.31. The van der Waals surface area contributed by atoms with Gasteiger partial charge in [0.15, 0.2) is 0 Å². The van der Waals surface area contributed by atoms with Gasteiger partial charge in [-0.15, -0.1) is 0 Å². The van der Waals surface area contributed by atoms with Crippen molar-refractivity contribution in [3.63, 3.8) is 0 Å². The quantitative estimate of drug-likeness (QED) is 0.395. The molecule has 0 aromatic heterocycles. The lowest BCUT2D eigenvalue weighted by atomic mass is 9.86. The van der Waals surface area contributed by atoms with Crippen molar-refractivity contribution in [1.29, 1.82) is 0 Å². The molecule has 1 N–H and O–H groups in total. The summed E-state index contributed by atoms with van der Waals surface area (Å²) in [4.78, 5) is 24.4. The van der Waals surface area contributed by atoms with Gasteiger partial charge in [-0.25, -0.2) is 4.79 Å². The van der Waals surface area contributed by atoms with Gasteiger partial charge in [-0.05, 0) is 12.8 Å². The van der Waals surface area contributed by atoms with Crippen LogP contribution in [-0.4, -0.2) is 22.2 Å². The Morgan fingerprint density at radius 2 is 2.23 bits per heavy atom. The molecule has 1 fully saturated rings. The van der Waals surface area contributed by atoms with Crippen LogP contribution in [0.15, 0.2) is 0 Å². The summed E-state index contributed by atoms with van der Waals surface area (Å²) in [6.07, 6.45) is 1.86. The standard InChI is InChI=1S/C7H11NO5/c9-7(13-12)5-2-1-3-6(4-5)8(10)11/h5-6,12H,1-4H2. The molecule has 0 aromatic carbocycles. The highest BCUT2D eigenvalue weighted by molar-refractivity contribution is 5.71. The number of hydrogen-bond acceptors (Lipinski definition) is 5. The fourth-order valence-corrected chi connectivity index (χ4v) is 1.64. The molecule has 1 saturated carbocycles. The summed E-state index contributed by atoms with van der Waals surface area (Å²) in [5, 5.41) is 18.5. The van der Waals surface area contributed by atoms with Crippen molar-refractivity contribution in [3.8, 4) is 0 Å². The van der Waals surface area contributed by atoms with Crippen molar-refractivity contribution < 1.29 is 19.9 Å². The predicted octanol–water partition coefficient (Wildman–Crippen LogP) is 0.838. The van der Waals surface area contributed by atoms with Crippen LogP contribution in [0, 0.1) is 16.0 Å². The molecule has 2 unspecified atom stereocenters. The highest BCUT2D eigenvalue weighted by atomic mass is 17.1. The van der Waals surface area contributed by atoms with Crippen LogP contribution >= 0.6 is 0 Å². The minimum absolute atomic E-state index is 0.173. The van der Waals surface area contributed by atoms with Crippen molar-refractivity contribution >= 4 is 5.97 Å². The van der Waals surface area contributed by atoms with Crippen LogP contribution in [0.4, 0.5) is 0 Å². The summed E-state index contributed by atoms with van der Waals surface area (Å²) in [6.45, 7) is 0. The summed E-state index contributed by atoms with van der Waals surface area (Å²) in [7, 11) is 0. The Kier molecular flexibility index (Phi) is 3.18. The largest absolute Gasteiger partial charge is 0.345 e. The molecule has 1 aliphatic rings. The SMILES string of the molecule is O=C(OO)C1CCCC([N+](=O)[O-])C1. The van der Waals surface area contributed by atoms with Crippen molar-refractivity contribution in [2.24, 2.45) is 5.92 Å². The third kappa shape index (κ3) is 2.38. The molecule has 0 bridgehead atoms. The van der Waals surface area contributed by atoms with E-state index in [2.05, 4.69) is 4.89 Å². The molecule has 0 aliphatic heterocycles. The average molecular weight is 189 g/mol. The summed E-state index contributed by atoms with van der Waals surface area (Å²) < 4.78 is 0. The van der Waals surface area contributed by atoms with E-state index in [0.29, 0.717) is 19.3 Å². The Labute approximate surface area is 74.6 Å². The van der Waals surface area contributed by atoms with E-state index < -0.39 is 17.9 Å². The van der Waals surface area contributed by atoms with Gasteiger partial charge in [-0.2, -0.15) is 5.26 Å². The van der Waals surface area contributed by atoms with Gasteiger partial charge >= 0.3 is 5.97 Å². The van der Waals surface area contributed by atoms with Crippen LogP contribution in [-0.2, 0) is 9.68 Å². The van der Waals surface area contributed by atoms with Crippen molar-refractivity contribution in [2.75, 3.05) is 0 Å². The number of carbonyl (C=O) groups is 1. The van der Waals surface area contributed by atoms with E-state index in [-0.39, 0.29) is 11.3 Å². The smallest absolute Gasteiger partial charge is 0.301 e. The summed E-state index contributed by atoms with van der Waals surface area (Å²) >= 11 is 0. The van der Waals surface area contributed by atoms with Crippen LogP contribution in [0.1, 0.15) is 25.7 Å². The second-order valence-corrected chi connectivity index (χ2v) is 3.21. The number of rotatable bonds is 2. The second-order valence-electron chi connectivity index (χ2n) is 3.21. The zero-order chi connectivity index (χ0) is 9.84. The minimum atomic E-state index is -0.758. The van der Waals surface area contributed by atoms with E-state index in [0.717, 1.165) is 0 Å².